The third kappa shape index (κ3) is 4.29. The lowest BCUT2D eigenvalue weighted by Gasteiger charge is -2.29. The van der Waals surface area contributed by atoms with Crippen molar-refractivity contribution in [1.82, 2.24) is 9.88 Å². The lowest BCUT2D eigenvalue weighted by Crippen LogP contribution is -2.36. The van der Waals surface area contributed by atoms with E-state index in [0.717, 1.165) is 24.2 Å². The second-order valence-corrected chi connectivity index (χ2v) is 7.14. The minimum Gasteiger partial charge on any atom is -0.444 e. The molecule has 2 heterocycles. The molecule has 1 amide bonds. The van der Waals surface area contributed by atoms with Gasteiger partial charge in [0.25, 0.3) is 0 Å². The van der Waals surface area contributed by atoms with Crippen LogP contribution in [0.3, 0.4) is 0 Å². The molecule has 5 nitrogen and oxygen atoms in total. The molecule has 1 aromatic heterocycles. The molecule has 132 valence electrons. The molecule has 1 fully saturated rings. The van der Waals surface area contributed by atoms with Gasteiger partial charge < -0.3 is 14.4 Å². The van der Waals surface area contributed by atoms with Gasteiger partial charge in [0.15, 0.2) is 0 Å². The summed E-state index contributed by atoms with van der Waals surface area (Å²) in [5.74, 6) is 1.26. The van der Waals surface area contributed by atoms with E-state index in [0.29, 0.717) is 12.4 Å². The summed E-state index contributed by atoms with van der Waals surface area (Å²) in [5.41, 5.74) is 0.400. The fourth-order valence-corrected chi connectivity index (χ4v) is 2.97. The van der Waals surface area contributed by atoms with E-state index in [1.165, 1.54) is 0 Å². The van der Waals surface area contributed by atoms with Crippen molar-refractivity contribution >= 4 is 6.09 Å². The number of carbonyl (C=O) groups excluding carboxylic acids is 1. The second kappa shape index (κ2) is 7.13. The maximum Gasteiger partial charge on any atom is 0.410 e. The first-order chi connectivity index (χ1) is 11.9. The van der Waals surface area contributed by atoms with Crippen LogP contribution in [0.4, 0.5) is 4.79 Å². The highest BCUT2D eigenvalue weighted by Crippen LogP contribution is 2.38. The van der Waals surface area contributed by atoms with E-state index in [1.807, 2.05) is 63.2 Å². The van der Waals surface area contributed by atoms with Gasteiger partial charge in [0.2, 0.25) is 5.88 Å². The Balaban J connectivity index is 1.84. The van der Waals surface area contributed by atoms with Crippen LogP contribution in [-0.4, -0.2) is 28.1 Å². The smallest absolute Gasteiger partial charge is 0.410 e. The van der Waals surface area contributed by atoms with Crippen LogP contribution in [0.2, 0.25) is 0 Å². The number of carbonyl (C=O) groups is 1. The van der Waals surface area contributed by atoms with Crippen LogP contribution in [0, 0.1) is 0 Å². The third-order valence-corrected chi connectivity index (χ3v) is 4.00. The third-order valence-electron chi connectivity index (χ3n) is 4.00. The number of hydrogen-bond acceptors (Lipinski definition) is 4. The van der Waals surface area contributed by atoms with E-state index in [4.69, 9.17) is 9.47 Å². The van der Waals surface area contributed by atoms with Crippen molar-refractivity contribution < 1.29 is 14.3 Å². The van der Waals surface area contributed by atoms with Crippen LogP contribution in [0.5, 0.6) is 11.6 Å². The Hall–Kier alpha value is -2.56. The Kier molecular flexibility index (Phi) is 4.93. The molecule has 0 saturated carbocycles. The van der Waals surface area contributed by atoms with Crippen LogP contribution in [-0.2, 0) is 4.74 Å². The molecule has 2 aromatic rings. The predicted octanol–water partition coefficient (Wildman–Crippen LogP) is 4.95. The van der Waals surface area contributed by atoms with Crippen LogP contribution in [0.1, 0.15) is 45.2 Å². The highest BCUT2D eigenvalue weighted by molar-refractivity contribution is 5.69. The summed E-state index contributed by atoms with van der Waals surface area (Å²) < 4.78 is 11.5. The molecule has 1 aliphatic heterocycles. The average molecular weight is 340 g/mol. The Morgan fingerprint density at radius 3 is 2.64 bits per heavy atom. The van der Waals surface area contributed by atoms with Gasteiger partial charge >= 0.3 is 6.09 Å². The summed E-state index contributed by atoms with van der Waals surface area (Å²) in [7, 11) is 0. The molecule has 1 atom stereocenters. The van der Waals surface area contributed by atoms with Crippen molar-refractivity contribution in [3.05, 3.63) is 54.2 Å². The molecule has 3 rings (SSSR count). The highest BCUT2D eigenvalue weighted by Gasteiger charge is 2.35. The molecule has 0 bridgehead atoms. The molecule has 0 spiro atoms. The van der Waals surface area contributed by atoms with Crippen LogP contribution < -0.4 is 4.74 Å². The number of nitrogens with zero attached hydrogens (tertiary/aromatic N) is 2. The molecule has 25 heavy (non-hydrogen) atoms. The van der Waals surface area contributed by atoms with E-state index < -0.39 is 5.60 Å². The SMILES string of the molecule is CC(C)(C)OC(=O)N1CCC[C@@H]1c1cccnc1Oc1ccccc1. The molecule has 1 saturated heterocycles. The van der Waals surface area contributed by atoms with Gasteiger partial charge in [-0.3, -0.25) is 0 Å². The van der Waals surface area contributed by atoms with Gasteiger partial charge in [0.1, 0.15) is 11.4 Å². The number of ether oxygens (including phenoxy) is 2. The minimum absolute atomic E-state index is 0.0812. The molecule has 1 aliphatic rings. The van der Waals surface area contributed by atoms with Gasteiger partial charge in [0, 0.05) is 18.3 Å². The van der Waals surface area contributed by atoms with Gasteiger partial charge in [-0.25, -0.2) is 9.78 Å². The zero-order valence-electron chi connectivity index (χ0n) is 14.9. The zero-order valence-corrected chi connectivity index (χ0v) is 14.9. The maximum absolute atomic E-state index is 12.6. The molecule has 0 N–H and O–H groups in total. The Morgan fingerprint density at radius 2 is 1.92 bits per heavy atom. The topological polar surface area (TPSA) is 51.7 Å². The molecule has 0 unspecified atom stereocenters. The average Bonchev–Trinajstić information content (AvgIpc) is 3.04. The van der Waals surface area contributed by atoms with Crippen molar-refractivity contribution in [1.29, 1.82) is 0 Å². The van der Waals surface area contributed by atoms with Crippen molar-refractivity contribution in [3.63, 3.8) is 0 Å². The highest BCUT2D eigenvalue weighted by atomic mass is 16.6. The van der Waals surface area contributed by atoms with Gasteiger partial charge in [0.05, 0.1) is 6.04 Å². The lowest BCUT2D eigenvalue weighted by atomic mass is 10.1. The van der Waals surface area contributed by atoms with Gasteiger partial charge in [-0.1, -0.05) is 18.2 Å². The van der Waals surface area contributed by atoms with E-state index in [1.54, 1.807) is 11.1 Å². The van der Waals surface area contributed by atoms with Crippen molar-refractivity contribution in [2.75, 3.05) is 6.54 Å². The number of aromatic nitrogens is 1. The number of para-hydroxylation sites is 1. The van der Waals surface area contributed by atoms with Gasteiger partial charge in [-0.05, 0) is 57.9 Å². The maximum atomic E-state index is 12.6. The van der Waals surface area contributed by atoms with Crippen molar-refractivity contribution in [2.45, 2.75) is 45.3 Å². The molecule has 1 aromatic carbocycles. The molecule has 0 radical (unpaired) electrons. The van der Waals surface area contributed by atoms with Gasteiger partial charge in [-0.2, -0.15) is 0 Å². The largest absolute Gasteiger partial charge is 0.444 e. The van der Waals surface area contributed by atoms with E-state index >= 15 is 0 Å². The summed E-state index contributed by atoms with van der Waals surface area (Å²) in [6.07, 6.45) is 3.22. The monoisotopic (exact) mass is 340 g/mol. The second-order valence-electron chi connectivity index (χ2n) is 7.14. The summed E-state index contributed by atoms with van der Waals surface area (Å²) >= 11 is 0. The number of benzene rings is 1. The summed E-state index contributed by atoms with van der Waals surface area (Å²) in [6, 6.07) is 13.3. The Bertz CT molecular complexity index is 725. The van der Waals surface area contributed by atoms with Crippen molar-refractivity contribution in [2.24, 2.45) is 0 Å². The summed E-state index contributed by atoms with van der Waals surface area (Å²) in [5, 5.41) is 0. The van der Waals surface area contributed by atoms with E-state index in [9.17, 15) is 4.79 Å². The van der Waals surface area contributed by atoms with Gasteiger partial charge in [-0.15, -0.1) is 0 Å². The first kappa shape index (κ1) is 17.3. The molecular formula is C20H24N2O3. The van der Waals surface area contributed by atoms with E-state index in [-0.39, 0.29) is 12.1 Å². The molecule has 5 heteroatoms. The van der Waals surface area contributed by atoms with Crippen LogP contribution in [0.15, 0.2) is 48.7 Å². The Morgan fingerprint density at radius 1 is 1.16 bits per heavy atom. The quantitative estimate of drug-likeness (QED) is 0.793. The first-order valence-electron chi connectivity index (χ1n) is 8.61. The Labute approximate surface area is 148 Å². The van der Waals surface area contributed by atoms with E-state index in [2.05, 4.69) is 4.98 Å². The first-order valence-corrected chi connectivity index (χ1v) is 8.61. The standard InChI is InChI=1S/C20H24N2O3/c1-20(2,3)25-19(23)22-14-8-12-17(22)16-11-7-13-21-18(16)24-15-9-5-4-6-10-15/h4-7,9-11,13,17H,8,12,14H2,1-3H3/t17-/m1/s1. The number of hydrogen-bond donors (Lipinski definition) is 0. The fraction of sp³-hybridized carbons (Fsp3) is 0.400. The normalized spacial score (nSPS) is 17.4. The molecular weight excluding hydrogens is 316 g/mol. The van der Waals surface area contributed by atoms with Crippen molar-refractivity contribution in [3.8, 4) is 11.6 Å². The zero-order chi connectivity index (χ0) is 17.9. The minimum atomic E-state index is -0.511. The lowest BCUT2D eigenvalue weighted by molar-refractivity contribution is 0.0223. The number of likely N-dealkylation sites (tertiary alicyclic amines) is 1. The fourth-order valence-electron chi connectivity index (χ4n) is 2.97. The summed E-state index contributed by atoms with van der Waals surface area (Å²) in [4.78, 5) is 18.7. The van der Waals surface area contributed by atoms with Crippen LogP contribution >= 0.6 is 0 Å². The molecule has 0 aliphatic carbocycles. The number of pyridine rings is 1. The predicted molar refractivity (Wildman–Crippen MR) is 95.7 cm³/mol. The number of rotatable bonds is 3. The summed E-state index contributed by atoms with van der Waals surface area (Å²) in [6.45, 7) is 6.32. The van der Waals surface area contributed by atoms with Crippen LogP contribution in [0.25, 0.3) is 0 Å². The number of amides is 1.